The lowest BCUT2D eigenvalue weighted by Gasteiger charge is -2.39. The van der Waals surface area contributed by atoms with E-state index in [1.54, 1.807) is 0 Å². The Labute approximate surface area is 222 Å². The SMILES string of the molecule is CCCCC(CC)(CP(=O)(c1ccccc1)c1ccccc1)CP(=O)(c1ccccc1)c1ccccc1. The van der Waals surface area contributed by atoms with Crippen LogP contribution in [0.25, 0.3) is 0 Å². The standard InChI is InChI=1S/C33H38O2P2/c1-3-5-26-33(4-2,27-36(34,29-18-10-6-11-19-29)30-20-12-7-13-21-30)28-37(35,31-22-14-8-15-23-31)32-24-16-9-17-25-32/h6-25H,3-5,26-28H2,1-2H3. The van der Waals surface area contributed by atoms with Crippen molar-refractivity contribution in [3.05, 3.63) is 121 Å². The summed E-state index contributed by atoms with van der Waals surface area (Å²) in [6.45, 7) is 4.39. The topological polar surface area (TPSA) is 34.1 Å². The van der Waals surface area contributed by atoms with Gasteiger partial charge in [-0.25, -0.2) is 0 Å². The maximum atomic E-state index is 15.2. The second-order valence-electron chi connectivity index (χ2n) is 10.1. The molecule has 4 heteroatoms. The Morgan fingerprint density at radius 1 is 0.514 bits per heavy atom. The Morgan fingerprint density at radius 3 is 1.05 bits per heavy atom. The van der Waals surface area contributed by atoms with Crippen molar-refractivity contribution >= 4 is 35.5 Å². The number of hydrogen-bond acceptors (Lipinski definition) is 2. The summed E-state index contributed by atoms with van der Waals surface area (Å²) < 4.78 is 30.4. The van der Waals surface area contributed by atoms with Gasteiger partial charge in [0.2, 0.25) is 0 Å². The average Bonchev–Trinajstić information content (AvgIpc) is 2.97. The van der Waals surface area contributed by atoms with Crippen molar-refractivity contribution in [1.82, 2.24) is 0 Å². The van der Waals surface area contributed by atoms with E-state index in [1.807, 2.05) is 121 Å². The van der Waals surface area contributed by atoms with Crippen molar-refractivity contribution in [3.63, 3.8) is 0 Å². The molecule has 4 aromatic rings. The maximum absolute atomic E-state index is 15.2. The molecule has 0 atom stereocenters. The molecule has 0 radical (unpaired) electrons. The molecule has 0 aromatic heterocycles. The number of benzene rings is 4. The van der Waals surface area contributed by atoms with Crippen molar-refractivity contribution < 1.29 is 9.13 Å². The van der Waals surface area contributed by atoms with Crippen LogP contribution in [0.2, 0.25) is 0 Å². The maximum Gasteiger partial charge on any atom is 0.143 e. The summed E-state index contributed by atoms with van der Waals surface area (Å²) in [6, 6.07) is 39.7. The van der Waals surface area contributed by atoms with Crippen molar-refractivity contribution in [3.8, 4) is 0 Å². The first kappa shape index (κ1) is 27.4. The highest BCUT2D eigenvalue weighted by Gasteiger charge is 2.44. The van der Waals surface area contributed by atoms with E-state index < -0.39 is 14.3 Å². The quantitative estimate of drug-likeness (QED) is 0.178. The summed E-state index contributed by atoms with van der Waals surface area (Å²) in [7, 11) is -5.99. The highest BCUT2D eigenvalue weighted by molar-refractivity contribution is 7.79. The highest BCUT2D eigenvalue weighted by atomic mass is 31.2. The summed E-state index contributed by atoms with van der Waals surface area (Å²) in [5.74, 6) is 0. The van der Waals surface area contributed by atoms with Gasteiger partial charge in [-0.15, -0.1) is 0 Å². The van der Waals surface area contributed by atoms with Gasteiger partial charge in [-0.05, 0) is 18.3 Å². The van der Waals surface area contributed by atoms with Crippen LogP contribution in [0.3, 0.4) is 0 Å². The Bertz CT molecular complexity index is 1150. The molecule has 0 bridgehead atoms. The summed E-state index contributed by atoms with van der Waals surface area (Å²) >= 11 is 0. The lowest BCUT2D eigenvalue weighted by molar-refractivity contribution is 0.317. The van der Waals surface area contributed by atoms with E-state index in [1.165, 1.54) is 0 Å². The van der Waals surface area contributed by atoms with Crippen molar-refractivity contribution in [2.75, 3.05) is 12.3 Å². The van der Waals surface area contributed by atoms with Crippen LogP contribution in [0.15, 0.2) is 121 Å². The fourth-order valence-electron chi connectivity index (χ4n) is 5.44. The molecule has 2 nitrogen and oxygen atoms in total. The van der Waals surface area contributed by atoms with E-state index in [-0.39, 0.29) is 5.41 Å². The molecule has 4 aromatic carbocycles. The van der Waals surface area contributed by atoms with Gasteiger partial charge in [0.1, 0.15) is 14.3 Å². The molecular weight excluding hydrogens is 490 g/mol. The minimum Gasteiger partial charge on any atom is -0.314 e. The lowest BCUT2D eigenvalue weighted by Crippen LogP contribution is -2.37. The van der Waals surface area contributed by atoms with Crippen LogP contribution in [0.5, 0.6) is 0 Å². The van der Waals surface area contributed by atoms with Gasteiger partial charge >= 0.3 is 0 Å². The molecule has 0 spiro atoms. The molecule has 0 fully saturated rings. The Morgan fingerprint density at radius 2 is 0.811 bits per heavy atom. The van der Waals surface area contributed by atoms with E-state index in [4.69, 9.17) is 0 Å². The fraction of sp³-hybridized carbons (Fsp3) is 0.273. The van der Waals surface area contributed by atoms with Crippen molar-refractivity contribution in [2.45, 2.75) is 39.5 Å². The van der Waals surface area contributed by atoms with Crippen LogP contribution < -0.4 is 21.2 Å². The van der Waals surface area contributed by atoms with E-state index >= 15 is 9.13 Å². The third-order valence-electron chi connectivity index (χ3n) is 7.62. The van der Waals surface area contributed by atoms with Gasteiger partial charge < -0.3 is 9.13 Å². The Kier molecular flexibility index (Phi) is 9.07. The van der Waals surface area contributed by atoms with E-state index in [0.29, 0.717) is 12.3 Å². The van der Waals surface area contributed by atoms with Gasteiger partial charge in [0.05, 0.1) is 0 Å². The van der Waals surface area contributed by atoms with Crippen LogP contribution in [-0.2, 0) is 9.13 Å². The zero-order chi connectivity index (χ0) is 26.2. The van der Waals surface area contributed by atoms with Crippen LogP contribution in [0.1, 0.15) is 39.5 Å². The molecule has 0 aliphatic carbocycles. The molecule has 0 aliphatic rings. The molecule has 0 N–H and O–H groups in total. The summed E-state index contributed by atoms with van der Waals surface area (Å²) in [5, 5.41) is 3.52. The second-order valence-corrected chi connectivity index (χ2v) is 15.8. The first-order valence-electron chi connectivity index (χ1n) is 13.4. The van der Waals surface area contributed by atoms with Gasteiger partial charge in [0, 0.05) is 33.5 Å². The molecule has 0 unspecified atom stereocenters. The van der Waals surface area contributed by atoms with Gasteiger partial charge in [0.25, 0.3) is 0 Å². The molecule has 37 heavy (non-hydrogen) atoms. The molecule has 4 rings (SSSR count). The fourth-order valence-corrected chi connectivity index (χ4v) is 12.4. The highest BCUT2D eigenvalue weighted by Crippen LogP contribution is 2.57. The number of unbranched alkanes of at least 4 members (excludes halogenated alkanes) is 1. The first-order valence-corrected chi connectivity index (χ1v) is 17.1. The molecule has 0 aliphatic heterocycles. The second kappa shape index (κ2) is 12.3. The summed E-state index contributed by atoms with van der Waals surface area (Å²) in [5.41, 5.74) is -0.349. The molecule has 192 valence electrons. The largest absolute Gasteiger partial charge is 0.314 e. The minimum atomic E-state index is -2.99. The average molecular weight is 529 g/mol. The van der Waals surface area contributed by atoms with Crippen molar-refractivity contribution in [1.29, 1.82) is 0 Å². The molecule has 0 amide bonds. The molecule has 0 saturated heterocycles. The summed E-state index contributed by atoms with van der Waals surface area (Å²) in [4.78, 5) is 0. The predicted octanol–water partition coefficient (Wildman–Crippen LogP) is 7.60. The zero-order valence-electron chi connectivity index (χ0n) is 22.0. The molecule has 0 heterocycles. The molecular formula is C33H38O2P2. The minimum absolute atomic E-state index is 0.349. The van der Waals surface area contributed by atoms with Gasteiger partial charge in [0.15, 0.2) is 0 Å². The summed E-state index contributed by atoms with van der Waals surface area (Å²) in [6.07, 6.45) is 4.79. The van der Waals surface area contributed by atoms with Crippen molar-refractivity contribution in [2.24, 2.45) is 5.41 Å². The van der Waals surface area contributed by atoms with Crippen LogP contribution >= 0.6 is 14.3 Å². The number of hydrogen-bond donors (Lipinski definition) is 0. The number of rotatable bonds is 12. The van der Waals surface area contributed by atoms with E-state index in [2.05, 4.69) is 13.8 Å². The van der Waals surface area contributed by atoms with Gasteiger partial charge in [-0.3, -0.25) is 0 Å². The van der Waals surface area contributed by atoms with Crippen LogP contribution in [-0.4, -0.2) is 12.3 Å². The Hall–Kier alpha value is -2.66. The molecule has 0 saturated carbocycles. The smallest absolute Gasteiger partial charge is 0.143 e. The van der Waals surface area contributed by atoms with Crippen LogP contribution in [0, 0.1) is 5.41 Å². The normalized spacial score (nSPS) is 12.4. The third-order valence-corrected chi connectivity index (χ3v) is 14.4. The third kappa shape index (κ3) is 6.09. The first-order chi connectivity index (χ1) is 18.0. The Balaban J connectivity index is 1.88. The lowest BCUT2D eigenvalue weighted by atomic mass is 9.84. The van der Waals surface area contributed by atoms with Crippen LogP contribution in [0.4, 0.5) is 0 Å². The predicted molar refractivity (Wildman–Crippen MR) is 161 cm³/mol. The zero-order valence-corrected chi connectivity index (χ0v) is 23.8. The van der Waals surface area contributed by atoms with Gasteiger partial charge in [-0.2, -0.15) is 0 Å². The van der Waals surface area contributed by atoms with Gasteiger partial charge in [-0.1, -0.05) is 148 Å². The van der Waals surface area contributed by atoms with E-state index in [9.17, 15) is 0 Å². The monoisotopic (exact) mass is 528 g/mol. The van der Waals surface area contributed by atoms with E-state index in [0.717, 1.165) is 46.9 Å².